The van der Waals surface area contributed by atoms with Crippen LogP contribution in [0, 0.1) is 12.8 Å². The largest absolute Gasteiger partial charge is 0.417 e. The number of aromatic nitrogens is 1. The molecule has 6 heteroatoms. The maximum absolute atomic E-state index is 13.0. The summed E-state index contributed by atoms with van der Waals surface area (Å²) in [5, 5.41) is 0.571. The lowest BCUT2D eigenvalue weighted by Crippen LogP contribution is -2.06. The molecule has 0 fully saturated rings. The summed E-state index contributed by atoms with van der Waals surface area (Å²) < 4.78 is 38.9. The Labute approximate surface area is 130 Å². The molecule has 1 aromatic heterocycles. The van der Waals surface area contributed by atoms with E-state index in [9.17, 15) is 13.2 Å². The monoisotopic (exact) mass is 333 g/mol. The minimum Gasteiger partial charge on any atom is -0.246 e. The first-order chi connectivity index (χ1) is 9.68. The highest BCUT2D eigenvalue weighted by Gasteiger charge is 2.33. The molecule has 0 spiro atoms. The summed E-state index contributed by atoms with van der Waals surface area (Å²) in [6.45, 7) is 5.97. The Bertz CT molecular complexity index is 647. The van der Waals surface area contributed by atoms with E-state index < -0.39 is 11.7 Å². The second-order valence-corrected chi connectivity index (χ2v) is 6.91. The summed E-state index contributed by atoms with van der Waals surface area (Å²) in [6.07, 6.45) is -3.71. The van der Waals surface area contributed by atoms with Gasteiger partial charge in [-0.3, -0.25) is 0 Å². The first-order valence-corrected chi connectivity index (χ1v) is 7.71. The molecule has 0 atom stereocenters. The minimum atomic E-state index is -4.45. The van der Waals surface area contributed by atoms with E-state index in [1.54, 1.807) is 6.07 Å². The van der Waals surface area contributed by atoms with Gasteiger partial charge in [-0.2, -0.15) is 13.2 Å². The summed E-state index contributed by atoms with van der Waals surface area (Å²) in [7, 11) is 0. The third-order valence-corrected chi connectivity index (χ3v) is 4.33. The second kappa shape index (κ2) is 5.97. The van der Waals surface area contributed by atoms with Crippen LogP contribution in [0.5, 0.6) is 0 Å². The van der Waals surface area contributed by atoms with Crippen LogP contribution in [0.3, 0.4) is 0 Å². The Morgan fingerprint density at radius 2 is 1.95 bits per heavy atom. The van der Waals surface area contributed by atoms with E-state index in [4.69, 9.17) is 11.6 Å². The third kappa shape index (κ3) is 3.77. The smallest absolute Gasteiger partial charge is 0.246 e. The van der Waals surface area contributed by atoms with Crippen molar-refractivity contribution >= 4 is 22.9 Å². The molecule has 1 nitrogen and oxygen atoms in total. The van der Waals surface area contributed by atoms with Gasteiger partial charge in [-0.1, -0.05) is 31.5 Å². The van der Waals surface area contributed by atoms with Gasteiger partial charge in [0.2, 0.25) is 0 Å². The molecule has 1 aromatic carbocycles. The van der Waals surface area contributed by atoms with Crippen LogP contribution >= 0.6 is 22.9 Å². The fraction of sp³-hybridized carbons (Fsp3) is 0.400. The number of halogens is 4. The van der Waals surface area contributed by atoms with Gasteiger partial charge in [0.1, 0.15) is 0 Å². The SMILES string of the molecule is Cc1nc(CC(C)C)c(-c2ccc(Cl)c(C(F)(F)F)c2)s1. The van der Waals surface area contributed by atoms with Crippen molar-refractivity contribution in [2.24, 2.45) is 5.92 Å². The molecule has 0 saturated carbocycles. The quantitative estimate of drug-likeness (QED) is 0.672. The number of nitrogens with zero attached hydrogens (tertiary/aromatic N) is 1. The average molecular weight is 334 g/mol. The predicted octanol–water partition coefficient (Wildman–Crippen LogP) is 5.99. The van der Waals surface area contributed by atoms with Gasteiger partial charge in [0.25, 0.3) is 0 Å². The third-order valence-electron chi connectivity index (χ3n) is 2.94. The molecule has 0 aliphatic heterocycles. The molecule has 0 aliphatic rings. The zero-order chi connectivity index (χ0) is 15.8. The van der Waals surface area contributed by atoms with Crippen molar-refractivity contribution < 1.29 is 13.2 Å². The highest BCUT2D eigenvalue weighted by atomic mass is 35.5. The average Bonchev–Trinajstić information content (AvgIpc) is 2.68. The Morgan fingerprint density at radius 1 is 1.29 bits per heavy atom. The van der Waals surface area contributed by atoms with E-state index in [0.717, 1.165) is 28.1 Å². The van der Waals surface area contributed by atoms with Gasteiger partial charge in [0, 0.05) is 0 Å². The number of thiazole rings is 1. The van der Waals surface area contributed by atoms with Gasteiger partial charge in [-0.05, 0) is 37.0 Å². The van der Waals surface area contributed by atoms with Crippen LogP contribution in [0.25, 0.3) is 10.4 Å². The van der Waals surface area contributed by atoms with Crippen LogP contribution in [-0.4, -0.2) is 4.98 Å². The fourth-order valence-electron chi connectivity index (χ4n) is 2.10. The standard InChI is InChI=1S/C15H15ClF3NS/c1-8(2)6-13-14(21-9(3)20-13)10-4-5-12(16)11(7-10)15(17,18)19/h4-5,7-8H,6H2,1-3H3. The summed E-state index contributed by atoms with van der Waals surface area (Å²) in [5.41, 5.74) is 0.569. The molecular weight excluding hydrogens is 319 g/mol. The van der Waals surface area contributed by atoms with Crippen LogP contribution in [0.1, 0.15) is 30.1 Å². The number of hydrogen-bond donors (Lipinski definition) is 0. The van der Waals surface area contributed by atoms with Crippen LogP contribution in [0.2, 0.25) is 5.02 Å². The van der Waals surface area contributed by atoms with Gasteiger partial charge in [-0.15, -0.1) is 11.3 Å². The van der Waals surface area contributed by atoms with Crippen molar-refractivity contribution in [2.75, 3.05) is 0 Å². The minimum absolute atomic E-state index is 0.280. The molecule has 2 aromatic rings. The molecule has 0 unspecified atom stereocenters. The molecule has 0 bridgehead atoms. The number of hydrogen-bond acceptors (Lipinski definition) is 2. The zero-order valence-corrected chi connectivity index (χ0v) is 13.5. The number of alkyl halides is 3. The molecule has 1 heterocycles. The maximum atomic E-state index is 13.0. The number of aryl methyl sites for hydroxylation is 1. The summed E-state index contributed by atoms with van der Waals surface area (Å²) in [6, 6.07) is 4.03. The molecule has 0 amide bonds. The molecule has 0 aliphatic carbocycles. The molecule has 0 saturated heterocycles. The number of rotatable bonds is 3. The van der Waals surface area contributed by atoms with Crippen molar-refractivity contribution in [3.05, 3.63) is 39.5 Å². The molecular formula is C15H15ClF3NS. The van der Waals surface area contributed by atoms with Crippen LogP contribution in [0.15, 0.2) is 18.2 Å². The molecule has 21 heavy (non-hydrogen) atoms. The van der Waals surface area contributed by atoms with E-state index in [0.29, 0.717) is 11.5 Å². The Balaban J connectivity index is 2.52. The van der Waals surface area contributed by atoms with E-state index in [1.165, 1.54) is 17.4 Å². The van der Waals surface area contributed by atoms with E-state index in [1.807, 2.05) is 6.92 Å². The van der Waals surface area contributed by atoms with E-state index in [2.05, 4.69) is 18.8 Å². The molecule has 114 valence electrons. The van der Waals surface area contributed by atoms with Gasteiger partial charge >= 0.3 is 6.18 Å². The Kier molecular flexibility index (Phi) is 4.63. The lowest BCUT2D eigenvalue weighted by atomic mass is 10.0. The predicted molar refractivity (Wildman–Crippen MR) is 80.8 cm³/mol. The fourth-order valence-corrected chi connectivity index (χ4v) is 3.27. The normalized spacial score (nSPS) is 12.2. The Hall–Kier alpha value is -1.07. The lowest BCUT2D eigenvalue weighted by Gasteiger charge is -2.11. The van der Waals surface area contributed by atoms with E-state index >= 15 is 0 Å². The summed E-state index contributed by atoms with van der Waals surface area (Å²) in [4.78, 5) is 5.24. The van der Waals surface area contributed by atoms with Crippen LogP contribution in [-0.2, 0) is 12.6 Å². The van der Waals surface area contributed by atoms with Crippen molar-refractivity contribution in [1.82, 2.24) is 4.98 Å². The van der Waals surface area contributed by atoms with Gasteiger partial charge in [-0.25, -0.2) is 4.98 Å². The van der Waals surface area contributed by atoms with E-state index in [-0.39, 0.29) is 5.02 Å². The lowest BCUT2D eigenvalue weighted by molar-refractivity contribution is -0.137. The van der Waals surface area contributed by atoms with Crippen molar-refractivity contribution in [3.8, 4) is 10.4 Å². The topological polar surface area (TPSA) is 12.9 Å². The van der Waals surface area contributed by atoms with Crippen molar-refractivity contribution in [1.29, 1.82) is 0 Å². The highest BCUT2D eigenvalue weighted by molar-refractivity contribution is 7.15. The maximum Gasteiger partial charge on any atom is 0.417 e. The molecule has 0 radical (unpaired) electrons. The van der Waals surface area contributed by atoms with Gasteiger partial charge < -0.3 is 0 Å². The summed E-state index contributed by atoms with van der Waals surface area (Å²) in [5.74, 6) is 0.389. The summed E-state index contributed by atoms with van der Waals surface area (Å²) >= 11 is 7.08. The van der Waals surface area contributed by atoms with Crippen LogP contribution < -0.4 is 0 Å². The van der Waals surface area contributed by atoms with Crippen LogP contribution in [0.4, 0.5) is 13.2 Å². The molecule has 2 rings (SSSR count). The highest BCUT2D eigenvalue weighted by Crippen LogP contribution is 2.39. The first kappa shape index (κ1) is 16.3. The van der Waals surface area contributed by atoms with Gasteiger partial charge in [0.15, 0.2) is 0 Å². The molecule has 0 N–H and O–H groups in total. The first-order valence-electron chi connectivity index (χ1n) is 6.52. The second-order valence-electron chi connectivity index (χ2n) is 5.30. The van der Waals surface area contributed by atoms with Crippen molar-refractivity contribution in [2.45, 2.75) is 33.4 Å². The Morgan fingerprint density at radius 3 is 2.52 bits per heavy atom. The number of benzene rings is 1. The zero-order valence-electron chi connectivity index (χ0n) is 11.9. The van der Waals surface area contributed by atoms with Gasteiger partial charge in [0.05, 0.1) is 26.2 Å². The van der Waals surface area contributed by atoms with Crippen molar-refractivity contribution in [3.63, 3.8) is 0 Å².